The van der Waals surface area contributed by atoms with E-state index in [1.54, 1.807) is 28.6 Å². The van der Waals surface area contributed by atoms with Gasteiger partial charge in [-0.1, -0.05) is 25.1 Å². The maximum absolute atomic E-state index is 12.8. The zero-order valence-electron chi connectivity index (χ0n) is 15.8. The van der Waals surface area contributed by atoms with Crippen molar-refractivity contribution in [1.82, 2.24) is 4.31 Å². The van der Waals surface area contributed by atoms with E-state index in [1.807, 2.05) is 24.3 Å². The molecule has 6 nitrogen and oxygen atoms in total. The first-order valence-electron chi connectivity index (χ1n) is 9.59. The van der Waals surface area contributed by atoms with Crippen LogP contribution in [0.25, 0.3) is 0 Å². The Kier molecular flexibility index (Phi) is 5.12. The van der Waals surface area contributed by atoms with Crippen molar-refractivity contribution in [3.8, 4) is 5.75 Å². The lowest BCUT2D eigenvalue weighted by Gasteiger charge is -2.30. The van der Waals surface area contributed by atoms with Gasteiger partial charge in [-0.05, 0) is 54.7 Å². The first-order valence-corrected chi connectivity index (χ1v) is 11.0. The summed E-state index contributed by atoms with van der Waals surface area (Å²) in [6.45, 7) is 3.19. The molecule has 4 rings (SSSR count). The normalized spacial score (nSPS) is 22.3. The Balaban J connectivity index is 1.42. The second-order valence-electron chi connectivity index (χ2n) is 7.54. The number of hydrogen-bond donors (Lipinski definition) is 1. The van der Waals surface area contributed by atoms with Crippen LogP contribution in [0.5, 0.6) is 5.75 Å². The van der Waals surface area contributed by atoms with E-state index in [-0.39, 0.29) is 10.8 Å². The minimum Gasteiger partial charge on any atom is -0.480 e. The van der Waals surface area contributed by atoms with Gasteiger partial charge >= 0.3 is 0 Å². The number of anilines is 1. The molecule has 0 spiro atoms. The number of ether oxygens (including phenoxy) is 1. The van der Waals surface area contributed by atoms with Crippen LogP contribution < -0.4 is 10.1 Å². The topological polar surface area (TPSA) is 75.7 Å². The summed E-state index contributed by atoms with van der Waals surface area (Å²) >= 11 is 0. The van der Waals surface area contributed by atoms with Crippen molar-refractivity contribution >= 4 is 21.6 Å². The van der Waals surface area contributed by atoms with E-state index in [0.717, 1.165) is 24.2 Å². The lowest BCUT2D eigenvalue weighted by Crippen LogP contribution is -2.39. The molecule has 0 bridgehead atoms. The Labute approximate surface area is 165 Å². The van der Waals surface area contributed by atoms with Gasteiger partial charge in [-0.3, -0.25) is 4.79 Å². The molecule has 0 radical (unpaired) electrons. The van der Waals surface area contributed by atoms with Crippen LogP contribution in [0, 0.1) is 5.92 Å². The molecule has 1 amide bonds. The zero-order valence-corrected chi connectivity index (χ0v) is 16.6. The molecule has 148 valence electrons. The highest BCUT2D eigenvalue weighted by Gasteiger charge is 2.30. The van der Waals surface area contributed by atoms with E-state index >= 15 is 0 Å². The van der Waals surface area contributed by atoms with Gasteiger partial charge in [0.1, 0.15) is 5.75 Å². The second-order valence-corrected chi connectivity index (χ2v) is 9.48. The average Bonchev–Trinajstić information content (AvgIpc) is 3.13. The van der Waals surface area contributed by atoms with Gasteiger partial charge in [-0.15, -0.1) is 0 Å². The molecule has 0 aliphatic carbocycles. The molecule has 1 N–H and O–H groups in total. The minimum absolute atomic E-state index is 0.239. The van der Waals surface area contributed by atoms with Gasteiger partial charge in [0, 0.05) is 25.2 Å². The summed E-state index contributed by atoms with van der Waals surface area (Å²) in [7, 11) is -3.50. The summed E-state index contributed by atoms with van der Waals surface area (Å²) in [6, 6.07) is 13.9. The number of rotatable bonds is 4. The molecular formula is C21H24N2O4S. The lowest BCUT2D eigenvalue weighted by molar-refractivity contribution is -0.122. The third-order valence-corrected chi connectivity index (χ3v) is 7.20. The van der Waals surface area contributed by atoms with E-state index in [1.165, 1.54) is 0 Å². The summed E-state index contributed by atoms with van der Waals surface area (Å²) in [5, 5.41) is 2.81. The number of nitrogens with zero attached hydrogens (tertiary/aromatic N) is 1. The number of sulfonamides is 1. The minimum atomic E-state index is -3.50. The average molecular weight is 401 g/mol. The molecule has 2 heterocycles. The van der Waals surface area contributed by atoms with Crippen LogP contribution in [0.3, 0.4) is 0 Å². The molecule has 2 atom stereocenters. The van der Waals surface area contributed by atoms with Crippen molar-refractivity contribution in [1.29, 1.82) is 0 Å². The van der Waals surface area contributed by atoms with E-state index in [0.29, 0.717) is 31.1 Å². The van der Waals surface area contributed by atoms with E-state index in [2.05, 4.69) is 12.2 Å². The van der Waals surface area contributed by atoms with Crippen LogP contribution in [0.2, 0.25) is 0 Å². The van der Waals surface area contributed by atoms with E-state index in [4.69, 9.17) is 4.74 Å². The number of para-hydroxylation sites is 1. The molecule has 0 aromatic heterocycles. The number of nitrogens with one attached hydrogen (secondary N) is 1. The molecule has 2 aliphatic rings. The quantitative estimate of drug-likeness (QED) is 0.856. The molecule has 7 heteroatoms. The fourth-order valence-electron chi connectivity index (χ4n) is 3.77. The largest absolute Gasteiger partial charge is 0.480 e. The Bertz CT molecular complexity index is 947. The first kappa shape index (κ1) is 19.0. The Hall–Kier alpha value is -2.38. The van der Waals surface area contributed by atoms with Crippen LogP contribution in [0.1, 0.15) is 25.3 Å². The number of amides is 1. The lowest BCUT2D eigenvalue weighted by atomic mass is 10.0. The van der Waals surface area contributed by atoms with Crippen molar-refractivity contribution in [3.05, 3.63) is 54.1 Å². The number of hydrogen-bond acceptors (Lipinski definition) is 4. The molecular weight excluding hydrogens is 376 g/mol. The van der Waals surface area contributed by atoms with Crippen LogP contribution >= 0.6 is 0 Å². The van der Waals surface area contributed by atoms with Crippen molar-refractivity contribution in [2.75, 3.05) is 18.4 Å². The predicted molar refractivity (Wildman–Crippen MR) is 107 cm³/mol. The van der Waals surface area contributed by atoms with Gasteiger partial charge in [-0.2, -0.15) is 4.31 Å². The van der Waals surface area contributed by atoms with Crippen LogP contribution in [0.15, 0.2) is 53.4 Å². The van der Waals surface area contributed by atoms with Crippen LogP contribution in [-0.2, 0) is 21.2 Å². The highest BCUT2D eigenvalue weighted by atomic mass is 32.2. The second kappa shape index (κ2) is 7.56. The van der Waals surface area contributed by atoms with Crippen LogP contribution in [0.4, 0.5) is 5.69 Å². The Morgan fingerprint density at radius 2 is 1.89 bits per heavy atom. The van der Waals surface area contributed by atoms with Gasteiger partial charge in [0.05, 0.1) is 4.90 Å². The SMILES string of the molecule is CC1CCCN(S(=O)(=O)c2ccc(NC(=O)C3Cc4ccccc4O3)cc2)C1. The highest BCUT2D eigenvalue weighted by Crippen LogP contribution is 2.29. The smallest absolute Gasteiger partial charge is 0.265 e. The van der Waals surface area contributed by atoms with Gasteiger partial charge in [0.2, 0.25) is 10.0 Å². The zero-order chi connectivity index (χ0) is 19.7. The number of carbonyl (C=O) groups is 1. The standard InChI is InChI=1S/C21H24N2O4S/c1-15-5-4-12-23(14-15)28(25,26)18-10-8-17(9-11-18)22-21(24)20-13-16-6-2-3-7-19(16)27-20/h2-3,6-11,15,20H,4-5,12-14H2,1H3,(H,22,24). The van der Waals surface area contributed by atoms with Gasteiger partial charge in [0.15, 0.2) is 6.10 Å². The summed E-state index contributed by atoms with van der Waals surface area (Å²) in [6.07, 6.45) is 1.90. The van der Waals surface area contributed by atoms with E-state index in [9.17, 15) is 13.2 Å². The number of piperidine rings is 1. The molecule has 28 heavy (non-hydrogen) atoms. The Morgan fingerprint density at radius 3 is 2.61 bits per heavy atom. The fourth-order valence-corrected chi connectivity index (χ4v) is 5.37. The summed E-state index contributed by atoms with van der Waals surface area (Å²) in [5.74, 6) is 0.870. The maximum atomic E-state index is 12.8. The highest BCUT2D eigenvalue weighted by molar-refractivity contribution is 7.89. The van der Waals surface area contributed by atoms with Crippen molar-refractivity contribution in [2.24, 2.45) is 5.92 Å². The molecule has 2 aromatic rings. The number of carbonyl (C=O) groups excluding carboxylic acids is 1. The fraction of sp³-hybridized carbons (Fsp3) is 0.381. The molecule has 0 saturated carbocycles. The van der Waals surface area contributed by atoms with Gasteiger partial charge in [0.25, 0.3) is 5.91 Å². The molecule has 2 aliphatic heterocycles. The molecule has 2 unspecified atom stereocenters. The van der Waals surface area contributed by atoms with Crippen LogP contribution in [-0.4, -0.2) is 37.8 Å². The number of benzene rings is 2. The first-order chi connectivity index (χ1) is 13.4. The molecule has 1 fully saturated rings. The monoisotopic (exact) mass is 400 g/mol. The molecule has 1 saturated heterocycles. The third-order valence-electron chi connectivity index (χ3n) is 5.32. The summed E-state index contributed by atoms with van der Waals surface area (Å²) in [5.41, 5.74) is 1.57. The Morgan fingerprint density at radius 1 is 1.14 bits per heavy atom. The number of fused-ring (bicyclic) bond motifs is 1. The predicted octanol–water partition coefficient (Wildman–Crippen LogP) is 3.05. The van der Waals surface area contributed by atoms with Gasteiger partial charge < -0.3 is 10.1 Å². The maximum Gasteiger partial charge on any atom is 0.265 e. The van der Waals surface area contributed by atoms with Crippen molar-refractivity contribution in [2.45, 2.75) is 37.2 Å². The third kappa shape index (κ3) is 3.77. The van der Waals surface area contributed by atoms with Crippen molar-refractivity contribution in [3.63, 3.8) is 0 Å². The summed E-state index contributed by atoms with van der Waals surface area (Å²) in [4.78, 5) is 12.7. The van der Waals surface area contributed by atoms with E-state index < -0.39 is 16.1 Å². The van der Waals surface area contributed by atoms with Crippen molar-refractivity contribution < 1.29 is 17.9 Å². The van der Waals surface area contributed by atoms with Gasteiger partial charge in [-0.25, -0.2) is 8.42 Å². The molecule has 2 aromatic carbocycles. The summed E-state index contributed by atoms with van der Waals surface area (Å²) < 4.78 is 32.9.